The molecular formula is C38H26BCl3N6O2. The summed E-state index contributed by atoms with van der Waals surface area (Å²) >= 11 is 17.5. The predicted molar refractivity (Wildman–Crippen MR) is 202 cm³/mol. The van der Waals surface area contributed by atoms with Gasteiger partial charge in [-0.1, -0.05) is 103 Å². The SMILES string of the molecule is Clc1nc(-c2ccc(-c3ccccn3)cc2)c2ccccc2n1.Clc1nc(Cl)c2ccccc2n1.OB(O)c1ccc(-c2ccccn2)cc1. The number of hydrogen-bond acceptors (Lipinski definition) is 8. The van der Waals surface area contributed by atoms with Crippen molar-refractivity contribution in [2.24, 2.45) is 0 Å². The Bertz CT molecular complexity index is 2340. The summed E-state index contributed by atoms with van der Waals surface area (Å²) in [7, 11) is -1.41. The molecule has 0 aliphatic heterocycles. The molecule has 8 rings (SSSR count). The minimum atomic E-state index is -1.41. The smallest absolute Gasteiger partial charge is 0.423 e. The second-order valence-electron chi connectivity index (χ2n) is 10.7. The van der Waals surface area contributed by atoms with Gasteiger partial charge in [-0.15, -0.1) is 0 Å². The van der Waals surface area contributed by atoms with Crippen LogP contribution in [0.1, 0.15) is 0 Å². The van der Waals surface area contributed by atoms with Crippen molar-refractivity contribution in [3.8, 4) is 33.8 Å². The number of halogens is 3. The van der Waals surface area contributed by atoms with Gasteiger partial charge in [-0.2, -0.15) is 0 Å². The molecule has 244 valence electrons. The molecule has 0 amide bonds. The molecule has 0 saturated heterocycles. The molecule has 0 atom stereocenters. The predicted octanol–water partition coefficient (Wildman–Crippen LogP) is 8.38. The quantitative estimate of drug-likeness (QED) is 0.106. The van der Waals surface area contributed by atoms with Crippen molar-refractivity contribution in [1.82, 2.24) is 29.9 Å². The zero-order chi connectivity index (χ0) is 34.9. The van der Waals surface area contributed by atoms with Gasteiger partial charge < -0.3 is 10.0 Å². The van der Waals surface area contributed by atoms with Crippen molar-refractivity contribution >= 4 is 69.2 Å². The van der Waals surface area contributed by atoms with E-state index in [2.05, 4.69) is 29.9 Å². The standard InChI is InChI=1S/C19H12ClN3.C11H10BNO2.C8H4Cl2N2/c20-19-22-17-7-2-1-5-15(17)18(23-19)14-10-8-13(9-11-14)16-6-3-4-12-21-16;14-12(15)10-6-4-9(5-7-10)11-3-1-2-8-13-11;9-7-5-3-1-2-4-6(5)11-8(10)12-7/h1-12H;1-8,14-15H;1-4H. The van der Waals surface area contributed by atoms with Crippen LogP contribution in [0.5, 0.6) is 0 Å². The third kappa shape index (κ3) is 8.65. The summed E-state index contributed by atoms with van der Waals surface area (Å²) in [6.45, 7) is 0. The summed E-state index contributed by atoms with van der Waals surface area (Å²) in [6, 6.07) is 42.0. The fourth-order valence-electron chi connectivity index (χ4n) is 4.97. The van der Waals surface area contributed by atoms with Crippen LogP contribution >= 0.6 is 34.8 Å². The molecule has 0 aliphatic rings. The Kier molecular flexibility index (Phi) is 11.3. The van der Waals surface area contributed by atoms with Crippen molar-refractivity contribution < 1.29 is 10.0 Å². The molecule has 0 spiro atoms. The van der Waals surface area contributed by atoms with Crippen LogP contribution in [0.4, 0.5) is 0 Å². The van der Waals surface area contributed by atoms with E-state index in [4.69, 9.17) is 44.9 Å². The van der Waals surface area contributed by atoms with Gasteiger partial charge in [0, 0.05) is 39.9 Å². The first-order chi connectivity index (χ1) is 24.4. The van der Waals surface area contributed by atoms with Gasteiger partial charge in [-0.25, -0.2) is 19.9 Å². The van der Waals surface area contributed by atoms with Gasteiger partial charge in [-0.05, 0) is 71.1 Å². The maximum absolute atomic E-state index is 8.93. The maximum Gasteiger partial charge on any atom is 0.488 e. The lowest BCUT2D eigenvalue weighted by Crippen LogP contribution is -2.29. The maximum atomic E-state index is 8.93. The van der Waals surface area contributed by atoms with E-state index in [-0.39, 0.29) is 10.6 Å². The Labute approximate surface area is 303 Å². The Balaban J connectivity index is 0.000000138. The first-order valence-corrected chi connectivity index (χ1v) is 16.4. The zero-order valence-electron chi connectivity index (χ0n) is 26.1. The summed E-state index contributed by atoms with van der Waals surface area (Å²) in [4.78, 5) is 25.1. The van der Waals surface area contributed by atoms with E-state index in [1.54, 1.807) is 24.5 Å². The van der Waals surface area contributed by atoms with E-state index in [1.165, 1.54) is 0 Å². The number of aromatic nitrogens is 6. The topological polar surface area (TPSA) is 118 Å². The normalized spacial score (nSPS) is 10.5. The van der Waals surface area contributed by atoms with E-state index in [1.807, 2.05) is 121 Å². The molecule has 8 aromatic rings. The van der Waals surface area contributed by atoms with Crippen molar-refractivity contribution in [3.63, 3.8) is 0 Å². The molecule has 8 nitrogen and oxygen atoms in total. The van der Waals surface area contributed by atoms with Crippen LogP contribution in [0.15, 0.2) is 146 Å². The lowest BCUT2D eigenvalue weighted by atomic mass is 9.80. The third-order valence-electron chi connectivity index (χ3n) is 7.39. The molecule has 12 heteroatoms. The summed E-state index contributed by atoms with van der Waals surface area (Å²) in [6.07, 6.45) is 3.52. The Morgan fingerprint density at radius 1 is 0.440 bits per heavy atom. The zero-order valence-corrected chi connectivity index (χ0v) is 28.4. The van der Waals surface area contributed by atoms with Crippen LogP contribution in [-0.4, -0.2) is 47.1 Å². The average Bonchev–Trinajstić information content (AvgIpc) is 3.16. The molecule has 50 heavy (non-hydrogen) atoms. The number of benzene rings is 4. The number of para-hydroxylation sites is 2. The Hall–Kier alpha value is -5.29. The molecule has 4 aromatic carbocycles. The fraction of sp³-hybridized carbons (Fsp3) is 0. The van der Waals surface area contributed by atoms with Gasteiger partial charge in [0.15, 0.2) is 0 Å². The second kappa shape index (κ2) is 16.4. The van der Waals surface area contributed by atoms with Crippen LogP contribution in [0.25, 0.3) is 55.6 Å². The molecule has 4 aromatic heterocycles. The van der Waals surface area contributed by atoms with Crippen molar-refractivity contribution in [3.05, 3.63) is 162 Å². The molecule has 2 N–H and O–H groups in total. The Morgan fingerprint density at radius 3 is 1.44 bits per heavy atom. The van der Waals surface area contributed by atoms with Crippen LogP contribution in [0, 0.1) is 0 Å². The summed E-state index contributed by atoms with van der Waals surface area (Å²) in [5.74, 6) is 0. The minimum Gasteiger partial charge on any atom is -0.423 e. The second-order valence-corrected chi connectivity index (χ2v) is 11.7. The minimum absolute atomic E-state index is 0.179. The molecule has 0 fully saturated rings. The molecule has 0 bridgehead atoms. The van der Waals surface area contributed by atoms with Crippen LogP contribution in [-0.2, 0) is 0 Å². The molecule has 0 aliphatic carbocycles. The van der Waals surface area contributed by atoms with Crippen LogP contribution < -0.4 is 5.46 Å². The van der Waals surface area contributed by atoms with E-state index in [0.29, 0.717) is 10.6 Å². The molecule has 4 heterocycles. The van der Waals surface area contributed by atoms with Gasteiger partial charge >= 0.3 is 7.12 Å². The van der Waals surface area contributed by atoms with Crippen LogP contribution in [0.3, 0.4) is 0 Å². The lowest BCUT2D eigenvalue weighted by molar-refractivity contribution is 0.426. The van der Waals surface area contributed by atoms with Crippen molar-refractivity contribution in [2.45, 2.75) is 0 Å². The highest BCUT2D eigenvalue weighted by atomic mass is 35.5. The van der Waals surface area contributed by atoms with Gasteiger partial charge in [0.2, 0.25) is 10.6 Å². The van der Waals surface area contributed by atoms with E-state index >= 15 is 0 Å². The first kappa shape index (κ1) is 34.6. The highest BCUT2D eigenvalue weighted by molar-refractivity contribution is 6.58. The van der Waals surface area contributed by atoms with Gasteiger partial charge in [0.25, 0.3) is 0 Å². The monoisotopic (exact) mass is 714 g/mol. The van der Waals surface area contributed by atoms with Crippen molar-refractivity contribution in [2.75, 3.05) is 0 Å². The van der Waals surface area contributed by atoms with Crippen LogP contribution in [0.2, 0.25) is 15.7 Å². The summed E-state index contributed by atoms with van der Waals surface area (Å²) < 4.78 is 0. The fourth-order valence-corrected chi connectivity index (χ4v) is 5.61. The number of fused-ring (bicyclic) bond motifs is 2. The van der Waals surface area contributed by atoms with Gasteiger partial charge in [0.05, 0.1) is 28.1 Å². The van der Waals surface area contributed by atoms with E-state index in [0.717, 1.165) is 55.6 Å². The number of rotatable bonds is 4. The van der Waals surface area contributed by atoms with E-state index in [9.17, 15) is 0 Å². The van der Waals surface area contributed by atoms with E-state index < -0.39 is 7.12 Å². The summed E-state index contributed by atoms with van der Waals surface area (Å²) in [5.41, 5.74) is 7.78. The Morgan fingerprint density at radius 2 is 0.900 bits per heavy atom. The highest BCUT2D eigenvalue weighted by Gasteiger charge is 2.11. The first-order valence-electron chi connectivity index (χ1n) is 15.2. The van der Waals surface area contributed by atoms with Gasteiger partial charge in [-0.3, -0.25) is 9.97 Å². The van der Waals surface area contributed by atoms with Crippen molar-refractivity contribution in [1.29, 1.82) is 0 Å². The number of pyridine rings is 2. The highest BCUT2D eigenvalue weighted by Crippen LogP contribution is 2.29. The number of hydrogen-bond donors (Lipinski definition) is 2. The van der Waals surface area contributed by atoms with Gasteiger partial charge in [0.1, 0.15) is 5.15 Å². The third-order valence-corrected chi connectivity index (χ3v) is 8.02. The average molecular weight is 716 g/mol. The molecule has 0 unspecified atom stereocenters. The number of nitrogens with zero attached hydrogens (tertiary/aromatic N) is 6. The summed E-state index contributed by atoms with van der Waals surface area (Å²) in [5, 5.41) is 20.5. The lowest BCUT2D eigenvalue weighted by Gasteiger charge is -2.07. The molecule has 0 saturated carbocycles. The molecule has 0 radical (unpaired) electrons. The molecular weight excluding hydrogens is 690 g/mol. The largest absolute Gasteiger partial charge is 0.488 e.